The zero-order valence-corrected chi connectivity index (χ0v) is 19.9. The number of phenolic OH excluding ortho intramolecular Hbond substituents is 1. The molecular formula is C24H22N4O6S. The summed E-state index contributed by atoms with van der Waals surface area (Å²) in [6.45, 7) is 1.75. The van der Waals surface area contributed by atoms with Gasteiger partial charge in [-0.1, -0.05) is 24.3 Å². The smallest absolute Gasteiger partial charge is 0.261 e. The molecule has 0 aliphatic carbocycles. The van der Waals surface area contributed by atoms with Gasteiger partial charge in [0.1, 0.15) is 11.4 Å². The monoisotopic (exact) mass is 494 g/mol. The molecule has 0 amide bonds. The van der Waals surface area contributed by atoms with Crippen molar-refractivity contribution in [1.29, 1.82) is 0 Å². The normalized spacial score (nSPS) is 11.2. The van der Waals surface area contributed by atoms with Crippen molar-refractivity contribution in [3.63, 3.8) is 0 Å². The van der Waals surface area contributed by atoms with E-state index in [-0.39, 0.29) is 34.5 Å². The summed E-state index contributed by atoms with van der Waals surface area (Å²) >= 11 is 0. The maximum absolute atomic E-state index is 12.4. The highest BCUT2D eigenvalue weighted by atomic mass is 32.2. The molecule has 35 heavy (non-hydrogen) atoms. The number of benzene rings is 2. The molecule has 3 N–H and O–H groups in total. The Morgan fingerprint density at radius 3 is 2.34 bits per heavy atom. The number of aromatic hydroxyl groups is 1. The van der Waals surface area contributed by atoms with Crippen LogP contribution in [0.2, 0.25) is 0 Å². The van der Waals surface area contributed by atoms with Crippen molar-refractivity contribution in [1.82, 2.24) is 15.0 Å². The van der Waals surface area contributed by atoms with Crippen molar-refractivity contribution >= 4 is 10.0 Å². The van der Waals surface area contributed by atoms with E-state index in [0.29, 0.717) is 22.6 Å². The lowest BCUT2D eigenvalue weighted by Gasteiger charge is -2.18. The number of phenols is 1. The van der Waals surface area contributed by atoms with Gasteiger partial charge in [-0.3, -0.25) is 0 Å². The molecule has 2 heterocycles. The van der Waals surface area contributed by atoms with E-state index in [2.05, 4.69) is 15.0 Å². The summed E-state index contributed by atoms with van der Waals surface area (Å²) in [7, 11) is -1.35. The van der Waals surface area contributed by atoms with Crippen LogP contribution in [0.25, 0.3) is 22.6 Å². The van der Waals surface area contributed by atoms with Gasteiger partial charge in [0.2, 0.25) is 5.75 Å². The zero-order chi connectivity index (χ0) is 25.2. The summed E-state index contributed by atoms with van der Waals surface area (Å²) in [6, 6.07) is 14.8. The number of primary sulfonamides is 1. The van der Waals surface area contributed by atoms with Gasteiger partial charge in [0.05, 0.1) is 14.2 Å². The van der Waals surface area contributed by atoms with Crippen LogP contribution in [0.1, 0.15) is 5.56 Å². The molecule has 0 aliphatic rings. The standard InChI is InChI=1S/C24H22N4O6S/c1-14-11-17(24(26-13-14)35(25,30)31)20-21(34-19-10-5-4-9-18(19)32-2)23(33-3)28-22(27-20)15-7-6-8-16(29)12-15/h4-13,29H,1-3H3,(H2,25,30,31). The molecule has 0 spiro atoms. The van der Waals surface area contributed by atoms with E-state index in [4.69, 9.17) is 19.3 Å². The number of sulfonamides is 1. The lowest BCUT2D eigenvalue weighted by atomic mass is 10.1. The van der Waals surface area contributed by atoms with Crippen LogP contribution in [0.5, 0.6) is 28.9 Å². The molecule has 0 radical (unpaired) electrons. The Morgan fingerprint density at radius 2 is 1.69 bits per heavy atom. The molecule has 0 fully saturated rings. The van der Waals surface area contributed by atoms with Crippen molar-refractivity contribution in [3.8, 4) is 51.5 Å². The van der Waals surface area contributed by atoms with E-state index in [9.17, 15) is 13.5 Å². The van der Waals surface area contributed by atoms with Gasteiger partial charge in [-0.25, -0.2) is 23.5 Å². The summed E-state index contributed by atoms with van der Waals surface area (Å²) in [5, 5.41) is 15.0. The number of rotatable bonds is 7. The Balaban J connectivity index is 2.06. The van der Waals surface area contributed by atoms with Gasteiger partial charge in [0.15, 0.2) is 22.3 Å². The molecule has 0 saturated heterocycles. The van der Waals surface area contributed by atoms with Gasteiger partial charge in [0.25, 0.3) is 15.9 Å². The third kappa shape index (κ3) is 5.00. The van der Waals surface area contributed by atoms with Gasteiger partial charge >= 0.3 is 0 Å². The average molecular weight is 495 g/mol. The molecule has 0 saturated carbocycles. The number of methoxy groups -OCH3 is 2. The van der Waals surface area contributed by atoms with Crippen LogP contribution in [0.15, 0.2) is 65.8 Å². The molecule has 11 heteroatoms. The van der Waals surface area contributed by atoms with Crippen LogP contribution < -0.4 is 19.3 Å². The number of aryl methyl sites for hydroxylation is 1. The number of hydrogen-bond acceptors (Lipinski definition) is 9. The Kier molecular flexibility index (Phi) is 6.54. The van der Waals surface area contributed by atoms with E-state index in [1.807, 2.05) is 0 Å². The molecule has 10 nitrogen and oxygen atoms in total. The number of hydrogen-bond donors (Lipinski definition) is 2. The Hall–Kier alpha value is -4.22. The predicted octanol–water partition coefficient (Wildman–Crippen LogP) is 3.68. The van der Waals surface area contributed by atoms with E-state index >= 15 is 0 Å². The van der Waals surface area contributed by atoms with Crippen LogP contribution in [-0.2, 0) is 10.0 Å². The van der Waals surface area contributed by atoms with Crippen molar-refractivity contribution in [2.24, 2.45) is 5.14 Å². The van der Waals surface area contributed by atoms with Gasteiger partial charge in [-0.2, -0.15) is 4.98 Å². The number of ether oxygens (including phenoxy) is 3. The van der Waals surface area contributed by atoms with Crippen LogP contribution in [0.4, 0.5) is 0 Å². The molecule has 4 rings (SSSR count). The number of nitrogens with two attached hydrogens (primary N) is 1. The molecule has 180 valence electrons. The minimum atomic E-state index is -4.24. The molecule has 2 aromatic carbocycles. The Bertz CT molecular complexity index is 1510. The predicted molar refractivity (Wildman–Crippen MR) is 128 cm³/mol. The number of para-hydroxylation sites is 2. The zero-order valence-electron chi connectivity index (χ0n) is 19.1. The first-order chi connectivity index (χ1) is 16.7. The Labute approximate surface area is 202 Å². The van der Waals surface area contributed by atoms with Crippen molar-refractivity contribution < 1.29 is 27.7 Å². The molecule has 4 aromatic rings. The number of aromatic nitrogens is 3. The highest BCUT2D eigenvalue weighted by molar-refractivity contribution is 7.89. The second-order valence-electron chi connectivity index (χ2n) is 7.45. The summed E-state index contributed by atoms with van der Waals surface area (Å²) in [5.41, 5.74) is 1.29. The van der Waals surface area contributed by atoms with Crippen LogP contribution in [0.3, 0.4) is 0 Å². The van der Waals surface area contributed by atoms with Gasteiger partial charge in [-0.15, -0.1) is 0 Å². The maximum atomic E-state index is 12.4. The van der Waals surface area contributed by atoms with Crippen molar-refractivity contribution in [2.75, 3.05) is 14.2 Å². The fraction of sp³-hybridized carbons (Fsp3) is 0.125. The number of pyridine rings is 1. The quantitative estimate of drug-likeness (QED) is 0.393. The molecule has 0 aliphatic heterocycles. The first kappa shape index (κ1) is 23.9. The van der Waals surface area contributed by atoms with Crippen LogP contribution >= 0.6 is 0 Å². The lowest BCUT2D eigenvalue weighted by Crippen LogP contribution is -2.16. The summed E-state index contributed by atoms with van der Waals surface area (Å²) in [4.78, 5) is 13.1. The molecule has 0 unspecified atom stereocenters. The van der Waals surface area contributed by atoms with E-state index < -0.39 is 15.0 Å². The first-order valence-corrected chi connectivity index (χ1v) is 11.8. The van der Waals surface area contributed by atoms with Crippen LogP contribution in [-0.4, -0.2) is 42.7 Å². The fourth-order valence-corrected chi connectivity index (χ4v) is 4.04. The first-order valence-electron chi connectivity index (χ1n) is 10.3. The van der Waals surface area contributed by atoms with Crippen molar-refractivity contribution in [2.45, 2.75) is 11.9 Å². The lowest BCUT2D eigenvalue weighted by molar-refractivity contribution is 0.347. The maximum Gasteiger partial charge on any atom is 0.261 e. The third-order valence-electron chi connectivity index (χ3n) is 4.93. The van der Waals surface area contributed by atoms with E-state index in [0.717, 1.165) is 0 Å². The second kappa shape index (κ2) is 9.57. The minimum Gasteiger partial charge on any atom is -0.508 e. The van der Waals surface area contributed by atoms with Gasteiger partial charge in [0, 0.05) is 17.3 Å². The summed E-state index contributed by atoms with van der Waals surface area (Å²) in [6.07, 6.45) is 1.39. The molecule has 0 atom stereocenters. The Morgan fingerprint density at radius 1 is 0.943 bits per heavy atom. The number of nitrogens with zero attached hydrogens (tertiary/aromatic N) is 3. The average Bonchev–Trinajstić information content (AvgIpc) is 2.83. The van der Waals surface area contributed by atoms with Gasteiger partial charge in [-0.05, 0) is 42.8 Å². The SMILES string of the molecule is COc1ccccc1Oc1c(OC)nc(-c2cccc(O)c2)nc1-c1cc(C)cnc1S(N)(=O)=O. The van der Waals surface area contributed by atoms with Gasteiger partial charge < -0.3 is 19.3 Å². The third-order valence-corrected chi connectivity index (χ3v) is 5.79. The highest BCUT2D eigenvalue weighted by Gasteiger charge is 2.27. The minimum absolute atomic E-state index is 0.00316. The largest absolute Gasteiger partial charge is 0.508 e. The summed E-state index contributed by atoms with van der Waals surface area (Å²) in [5.74, 6) is 0.942. The molecule has 2 aromatic heterocycles. The highest BCUT2D eigenvalue weighted by Crippen LogP contribution is 2.43. The van der Waals surface area contributed by atoms with E-state index in [1.54, 1.807) is 49.4 Å². The fourth-order valence-electron chi connectivity index (χ4n) is 3.38. The molecule has 0 bridgehead atoms. The summed E-state index contributed by atoms with van der Waals surface area (Å²) < 4.78 is 41.9. The van der Waals surface area contributed by atoms with Crippen LogP contribution in [0, 0.1) is 6.92 Å². The molecular weight excluding hydrogens is 472 g/mol. The van der Waals surface area contributed by atoms with Crippen molar-refractivity contribution in [3.05, 3.63) is 66.4 Å². The topological polar surface area (TPSA) is 147 Å². The second-order valence-corrected chi connectivity index (χ2v) is 8.92. The van der Waals surface area contributed by atoms with E-state index in [1.165, 1.54) is 32.5 Å².